The van der Waals surface area contributed by atoms with Crippen molar-refractivity contribution in [3.63, 3.8) is 0 Å². The van der Waals surface area contributed by atoms with Crippen LogP contribution in [0.15, 0.2) is 48.8 Å². The number of rotatable bonds is 6. The van der Waals surface area contributed by atoms with Crippen LogP contribution in [0.3, 0.4) is 0 Å². The van der Waals surface area contributed by atoms with Crippen LogP contribution in [0.5, 0.6) is 0 Å². The van der Waals surface area contributed by atoms with Crippen LogP contribution in [0, 0.1) is 13.8 Å². The zero-order chi connectivity index (χ0) is 23.2. The Morgan fingerprint density at radius 2 is 1.76 bits per heavy atom. The van der Waals surface area contributed by atoms with E-state index in [9.17, 15) is 9.59 Å². The lowest BCUT2D eigenvalue weighted by Crippen LogP contribution is -2.49. The number of hydrogen-bond donors (Lipinski definition) is 2. The maximum atomic E-state index is 12.5. The van der Waals surface area contributed by atoms with Gasteiger partial charge in [0.15, 0.2) is 0 Å². The summed E-state index contributed by atoms with van der Waals surface area (Å²) in [6.07, 6.45) is 3.68. The minimum Gasteiger partial charge on any atom is -0.339 e. The van der Waals surface area contributed by atoms with Gasteiger partial charge in [-0.15, -0.1) is 0 Å². The Hall–Kier alpha value is -3.95. The quantitative estimate of drug-likeness (QED) is 0.598. The first-order valence-electron chi connectivity index (χ1n) is 11.0. The summed E-state index contributed by atoms with van der Waals surface area (Å²) in [5.41, 5.74) is 3.48. The van der Waals surface area contributed by atoms with Crippen LogP contribution >= 0.6 is 0 Å². The van der Waals surface area contributed by atoms with Gasteiger partial charge in [-0.1, -0.05) is 6.07 Å². The standard InChI is InChI=1S/C23H28N8O2/c1-17-15-18(2)31(28-17)20-6-3-5-19(16-20)27-23(33)26-10-7-21(32)29-11-13-30(14-12-29)22-24-8-4-9-25-22/h3-6,8-9,15-16H,7,10-14H2,1-2H3,(H2,26,27,33). The fourth-order valence-electron chi connectivity index (χ4n) is 3.83. The smallest absolute Gasteiger partial charge is 0.319 e. The van der Waals surface area contributed by atoms with E-state index in [1.807, 2.05) is 53.8 Å². The summed E-state index contributed by atoms with van der Waals surface area (Å²) in [7, 11) is 0. The predicted octanol–water partition coefficient (Wildman–Crippen LogP) is 2.14. The summed E-state index contributed by atoms with van der Waals surface area (Å²) in [6.45, 7) is 6.80. The zero-order valence-electron chi connectivity index (χ0n) is 18.9. The van der Waals surface area contributed by atoms with E-state index in [2.05, 4.69) is 30.6 Å². The minimum absolute atomic E-state index is 0.0236. The highest BCUT2D eigenvalue weighted by Gasteiger charge is 2.22. The molecule has 10 nitrogen and oxygen atoms in total. The first-order valence-corrected chi connectivity index (χ1v) is 11.0. The molecule has 1 aliphatic rings. The number of nitrogens with zero attached hydrogens (tertiary/aromatic N) is 6. The second kappa shape index (κ2) is 10.1. The molecule has 0 saturated carbocycles. The zero-order valence-corrected chi connectivity index (χ0v) is 18.9. The van der Waals surface area contributed by atoms with Gasteiger partial charge < -0.3 is 20.4 Å². The summed E-state index contributed by atoms with van der Waals surface area (Å²) < 4.78 is 1.83. The maximum Gasteiger partial charge on any atom is 0.319 e. The number of amides is 3. The van der Waals surface area contributed by atoms with Crippen molar-refractivity contribution in [1.29, 1.82) is 0 Å². The Bertz CT molecular complexity index is 1110. The molecule has 0 bridgehead atoms. The van der Waals surface area contributed by atoms with Gasteiger partial charge in [-0.2, -0.15) is 5.10 Å². The van der Waals surface area contributed by atoms with Crippen molar-refractivity contribution in [2.24, 2.45) is 0 Å². The summed E-state index contributed by atoms with van der Waals surface area (Å²) in [6, 6.07) is 10.9. The van der Waals surface area contributed by atoms with E-state index in [0.29, 0.717) is 37.8 Å². The Balaban J connectivity index is 1.21. The Morgan fingerprint density at radius 3 is 2.45 bits per heavy atom. The molecule has 0 aliphatic carbocycles. The molecular weight excluding hydrogens is 420 g/mol. The highest BCUT2D eigenvalue weighted by Crippen LogP contribution is 2.17. The van der Waals surface area contributed by atoms with Crippen molar-refractivity contribution in [3.8, 4) is 5.69 Å². The fraction of sp³-hybridized carbons (Fsp3) is 0.348. The van der Waals surface area contributed by atoms with Crippen LogP contribution in [0.4, 0.5) is 16.4 Å². The molecule has 10 heteroatoms. The van der Waals surface area contributed by atoms with Gasteiger partial charge >= 0.3 is 6.03 Å². The number of urea groups is 1. The van der Waals surface area contributed by atoms with E-state index in [1.165, 1.54) is 0 Å². The molecule has 1 saturated heterocycles. The lowest BCUT2D eigenvalue weighted by atomic mass is 10.2. The number of piperazine rings is 1. The third kappa shape index (κ3) is 5.65. The second-order valence-corrected chi connectivity index (χ2v) is 7.94. The first kappa shape index (κ1) is 22.3. The summed E-state index contributed by atoms with van der Waals surface area (Å²) >= 11 is 0. The van der Waals surface area contributed by atoms with Gasteiger partial charge in [0.25, 0.3) is 0 Å². The number of carbonyl (C=O) groups is 2. The lowest BCUT2D eigenvalue weighted by molar-refractivity contribution is -0.131. The molecule has 3 heterocycles. The molecule has 2 aromatic heterocycles. The van der Waals surface area contributed by atoms with E-state index in [-0.39, 0.29) is 24.9 Å². The Labute approximate surface area is 192 Å². The molecule has 0 radical (unpaired) electrons. The lowest BCUT2D eigenvalue weighted by Gasteiger charge is -2.34. The van der Waals surface area contributed by atoms with Crippen molar-refractivity contribution < 1.29 is 9.59 Å². The van der Waals surface area contributed by atoms with Gasteiger partial charge in [0.2, 0.25) is 11.9 Å². The van der Waals surface area contributed by atoms with Gasteiger partial charge in [-0.3, -0.25) is 4.79 Å². The molecule has 1 aromatic carbocycles. The van der Waals surface area contributed by atoms with E-state index < -0.39 is 0 Å². The average Bonchev–Trinajstić information content (AvgIpc) is 3.17. The summed E-state index contributed by atoms with van der Waals surface area (Å²) in [5.74, 6) is 0.709. The van der Waals surface area contributed by atoms with Crippen LogP contribution in [0.1, 0.15) is 17.8 Å². The van der Waals surface area contributed by atoms with Gasteiger partial charge in [-0.25, -0.2) is 19.4 Å². The monoisotopic (exact) mass is 448 g/mol. The van der Waals surface area contributed by atoms with Gasteiger partial charge in [0.1, 0.15) is 0 Å². The van der Waals surface area contributed by atoms with E-state index in [0.717, 1.165) is 17.1 Å². The highest BCUT2D eigenvalue weighted by molar-refractivity contribution is 5.90. The van der Waals surface area contributed by atoms with E-state index >= 15 is 0 Å². The van der Waals surface area contributed by atoms with Gasteiger partial charge in [0, 0.05) is 62.9 Å². The molecule has 2 N–H and O–H groups in total. The SMILES string of the molecule is Cc1cc(C)n(-c2cccc(NC(=O)NCCC(=O)N3CCN(c4ncccn4)CC3)c2)n1. The highest BCUT2D eigenvalue weighted by atomic mass is 16.2. The minimum atomic E-state index is -0.348. The van der Waals surface area contributed by atoms with Crippen LogP contribution in [0.25, 0.3) is 5.69 Å². The van der Waals surface area contributed by atoms with E-state index in [1.54, 1.807) is 18.5 Å². The Kier molecular flexibility index (Phi) is 6.82. The number of anilines is 2. The summed E-state index contributed by atoms with van der Waals surface area (Å²) in [5, 5.41) is 10.1. The normalized spacial score (nSPS) is 13.6. The number of benzene rings is 1. The number of nitrogens with one attached hydrogen (secondary N) is 2. The maximum absolute atomic E-state index is 12.5. The fourth-order valence-corrected chi connectivity index (χ4v) is 3.83. The second-order valence-electron chi connectivity index (χ2n) is 7.94. The van der Waals surface area contributed by atoms with E-state index in [4.69, 9.17) is 0 Å². The molecule has 172 valence electrons. The molecule has 0 atom stereocenters. The third-order valence-electron chi connectivity index (χ3n) is 5.45. The molecule has 3 amide bonds. The van der Waals surface area contributed by atoms with Crippen molar-refractivity contribution in [1.82, 2.24) is 30.0 Å². The van der Waals surface area contributed by atoms with Crippen LogP contribution in [0.2, 0.25) is 0 Å². The number of carbonyl (C=O) groups excluding carboxylic acids is 2. The van der Waals surface area contributed by atoms with Crippen molar-refractivity contribution >= 4 is 23.6 Å². The molecular formula is C23H28N8O2. The third-order valence-corrected chi connectivity index (χ3v) is 5.45. The summed E-state index contributed by atoms with van der Waals surface area (Å²) in [4.78, 5) is 37.2. The predicted molar refractivity (Wildman–Crippen MR) is 126 cm³/mol. The van der Waals surface area contributed by atoms with Crippen LogP contribution in [-0.2, 0) is 4.79 Å². The first-order chi connectivity index (χ1) is 16.0. The molecule has 3 aromatic rings. The Morgan fingerprint density at radius 1 is 1.00 bits per heavy atom. The number of aryl methyl sites for hydroxylation is 2. The van der Waals surface area contributed by atoms with Gasteiger partial charge in [0.05, 0.1) is 11.4 Å². The van der Waals surface area contributed by atoms with Crippen molar-refractivity contribution in [2.45, 2.75) is 20.3 Å². The molecule has 33 heavy (non-hydrogen) atoms. The number of hydrogen-bond acceptors (Lipinski definition) is 6. The molecule has 0 spiro atoms. The van der Waals surface area contributed by atoms with Crippen molar-refractivity contribution in [2.75, 3.05) is 42.9 Å². The molecule has 4 rings (SSSR count). The topological polar surface area (TPSA) is 108 Å². The van der Waals surface area contributed by atoms with Crippen LogP contribution < -0.4 is 15.5 Å². The average molecular weight is 449 g/mol. The van der Waals surface area contributed by atoms with Crippen molar-refractivity contribution in [3.05, 3.63) is 60.2 Å². The molecule has 1 fully saturated rings. The van der Waals surface area contributed by atoms with Gasteiger partial charge in [-0.05, 0) is 44.2 Å². The van der Waals surface area contributed by atoms with Crippen LogP contribution in [-0.4, -0.2) is 69.3 Å². The largest absolute Gasteiger partial charge is 0.339 e. The molecule has 1 aliphatic heterocycles. The number of aromatic nitrogens is 4. The molecule has 0 unspecified atom stereocenters.